The summed E-state index contributed by atoms with van der Waals surface area (Å²) in [5.74, 6) is -2.21. The van der Waals surface area contributed by atoms with Crippen molar-refractivity contribution in [2.75, 3.05) is 26.2 Å². The van der Waals surface area contributed by atoms with E-state index in [4.69, 9.17) is 11.6 Å². The lowest BCUT2D eigenvalue weighted by atomic mass is 10.3. The fourth-order valence-corrected chi connectivity index (χ4v) is 4.02. The van der Waals surface area contributed by atoms with Gasteiger partial charge in [0.2, 0.25) is 15.9 Å². The van der Waals surface area contributed by atoms with Crippen LogP contribution in [0.15, 0.2) is 23.1 Å². The molecule has 0 N–H and O–H groups in total. The summed E-state index contributed by atoms with van der Waals surface area (Å²) in [5.41, 5.74) is 0. The summed E-state index contributed by atoms with van der Waals surface area (Å²) < 4.78 is 76.3. The van der Waals surface area contributed by atoms with E-state index in [1.165, 1.54) is 12.1 Å². The molecule has 1 aromatic carbocycles. The molecule has 2 rings (SSSR count). The predicted molar refractivity (Wildman–Crippen MR) is 77.4 cm³/mol. The van der Waals surface area contributed by atoms with Crippen molar-refractivity contribution in [1.29, 1.82) is 0 Å². The van der Waals surface area contributed by atoms with Gasteiger partial charge >= 0.3 is 6.18 Å². The van der Waals surface area contributed by atoms with Crippen molar-refractivity contribution in [2.24, 2.45) is 0 Å². The van der Waals surface area contributed by atoms with Gasteiger partial charge in [-0.05, 0) is 12.1 Å². The Morgan fingerprint density at radius 1 is 1.17 bits per heavy atom. The number of carbonyl (C=O) groups excluding carboxylic acids is 1. The van der Waals surface area contributed by atoms with E-state index in [0.29, 0.717) is 0 Å². The molecular weight excluding hydrogens is 376 g/mol. The minimum atomic E-state index is -4.62. The third-order valence-corrected chi connectivity index (χ3v) is 5.69. The van der Waals surface area contributed by atoms with Crippen LogP contribution in [-0.4, -0.2) is 55.9 Å². The molecule has 5 nitrogen and oxygen atoms in total. The van der Waals surface area contributed by atoms with Crippen LogP contribution in [0.3, 0.4) is 0 Å². The van der Waals surface area contributed by atoms with E-state index in [0.717, 1.165) is 15.3 Å². The summed E-state index contributed by atoms with van der Waals surface area (Å²) >= 11 is 5.57. The molecule has 0 saturated carbocycles. The Morgan fingerprint density at radius 3 is 2.29 bits per heavy atom. The fourth-order valence-electron chi connectivity index (χ4n) is 2.28. The monoisotopic (exact) mass is 388 g/mol. The van der Waals surface area contributed by atoms with E-state index in [1.54, 1.807) is 0 Å². The molecule has 0 radical (unpaired) electrons. The average Bonchev–Trinajstić information content (AvgIpc) is 2.48. The van der Waals surface area contributed by atoms with Gasteiger partial charge in [-0.3, -0.25) is 4.79 Å². The third kappa shape index (κ3) is 4.17. The number of amides is 1. The first-order valence-electron chi connectivity index (χ1n) is 6.81. The standard InChI is InChI=1S/C13H13ClF4N2O3S/c14-9-2-1-3-10(12(9)15)24(22,23)20-6-4-19(5-7-20)11(21)8-13(16,17)18/h1-3H,4-8H2. The van der Waals surface area contributed by atoms with Gasteiger partial charge in [0.15, 0.2) is 5.82 Å². The first kappa shape index (κ1) is 18.9. The lowest BCUT2D eigenvalue weighted by Gasteiger charge is -2.34. The molecule has 0 unspecified atom stereocenters. The molecule has 1 aromatic rings. The molecule has 1 amide bonds. The zero-order chi connectivity index (χ0) is 18.1. The molecule has 134 valence electrons. The highest BCUT2D eigenvalue weighted by Crippen LogP contribution is 2.26. The Labute approximate surface area is 140 Å². The van der Waals surface area contributed by atoms with Crippen LogP contribution in [0.4, 0.5) is 17.6 Å². The maximum Gasteiger partial charge on any atom is 0.397 e. The van der Waals surface area contributed by atoms with Crippen LogP contribution < -0.4 is 0 Å². The number of piperazine rings is 1. The van der Waals surface area contributed by atoms with Crippen LogP contribution in [0.5, 0.6) is 0 Å². The van der Waals surface area contributed by atoms with E-state index in [2.05, 4.69) is 0 Å². The highest BCUT2D eigenvalue weighted by Gasteiger charge is 2.36. The third-order valence-electron chi connectivity index (χ3n) is 3.48. The van der Waals surface area contributed by atoms with Crippen molar-refractivity contribution in [3.8, 4) is 0 Å². The maximum atomic E-state index is 13.9. The van der Waals surface area contributed by atoms with Crippen molar-refractivity contribution >= 4 is 27.5 Å². The van der Waals surface area contributed by atoms with Crippen molar-refractivity contribution in [2.45, 2.75) is 17.5 Å². The molecule has 1 heterocycles. The Balaban J connectivity index is 2.09. The minimum Gasteiger partial charge on any atom is -0.340 e. The first-order valence-corrected chi connectivity index (χ1v) is 8.63. The van der Waals surface area contributed by atoms with Crippen molar-refractivity contribution in [1.82, 2.24) is 9.21 Å². The van der Waals surface area contributed by atoms with Gasteiger partial charge in [-0.2, -0.15) is 17.5 Å². The maximum absolute atomic E-state index is 13.9. The van der Waals surface area contributed by atoms with E-state index in [1.807, 2.05) is 0 Å². The van der Waals surface area contributed by atoms with Crippen LogP contribution in [0.2, 0.25) is 5.02 Å². The molecular formula is C13H13ClF4N2O3S. The minimum absolute atomic E-state index is 0.198. The van der Waals surface area contributed by atoms with E-state index < -0.39 is 39.2 Å². The quantitative estimate of drug-likeness (QED) is 0.746. The number of carbonyl (C=O) groups is 1. The summed E-state index contributed by atoms with van der Waals surface area (Å²) in [5, 5.41) is -0.352. The van der Waals surface area contributed by atoms with Crippen LogP contribution in [0.1, 0.15) is 6.42 Å². The Morgan fingerprint density at radius 2 is 1.75 bits per heavy atom. The second-order valence-electron chi connectivity index (χ2n) is 5.13. The molecule has 0 aromatic heterocycles. The van der Waals surface area contributed by atoms with Crippen LogP contribution in [-0.2, 0) is 14.8 Å². The highest BCUT2D eigenvalue weighted by molar-refractivity contribution is 7.89. The number of halogens is 5. The number of rotatable bonds is 3. The second-order valence-corrected chi connectivity index (χ2v) is 7.44. The lowest BCUT2D eigenvalue weighted by molar-refractivity contribution is -0.162. The molecule has 1 aliphatic rings. The molecule has 0 spiro atoms. The summed E-state index contributed by atoms with van der Waals surface area (Å²) in [6.45, 7) is -0.845. The first-order chi connectivity index (χ1) is 11.0. The Kier molecular flexibility index (Phi) is 5.41. The van der Waals surface area contributed by atoms with Gasteiger partial charge in [0.05, 0.1) is 5.02 Å². The number of sulfonamides is 1. The summed E-state index contributed by atoms with van der Waals surface area (Å²) in [6.07, 6.45) is -6.22. The van der Waals surface area contributed by atoms with Gasteiger partial charge in [0.25, 0.3) is 0 Å². The normalized spacial score (nSPS) is 17.1. The van der Waals surface area contributed by atoms with E-state index >= 15 is 0 Å². The van der Waals surface area contributed by atoms with Crippen molar-refractivity contribution in [3.63, 3.8) is 0 Å². The van der Waals surface area contributed by atoms with Gasteiger partial charge in [-0.15, -0.1) is 0 Å². The predicted octanol–water partition coefficient (Wildman–Crippen LogP) is 2.26. The highest BCUT2D eigenvalue weighted by atomic mass is 35.5. The van der Waals surface area contributed by atoms with E-state index in [-0.39, 0.29) is 31.2 Å². The van der Waals surface area contributed by atoms with Gasteiger partial charge in [0.1, 0.15) is 11.3 Å². The van der Waals surface area contributed by atoms with Crippen LogP contribution >= 0.6 is 11.6 Å². The number of alkyl halides is 3. The molecule has 1 fully saturated rings. The van der Waals surface area contributed by atoms with E-state index in [9.17, 15) is 30.8 Å². The van der Waals surface area contributed by atoms with Gasteiger partial charge in [-0.25, -0.2) is 12.8 Å². The van der Waals surface area contributed by atoms with Crippen molar-refractivity contribution < 1.29 is 30.8 Å². The Hall–Kier alpha value is -1.39. The molecule has 0 bridgehead atoms. The van der Waals surface area contributed by atoms with Gasteiger partial charge < -0.3 is 4.90 Å². The smallest absolute Gasteiger partial charge is 0.340 e. The fraction of sp³-hybridized carbons (Fsp3) is 0.462. The summed E-state index contributed by atoms with van der Waals surface area (Å²) in [4.78, 5) is 11.8. The molecule has 0 aliphatic carbocycles. The Bertz CT molecular complexity index is 731. The SMILES string of the molecule is O=C(CC(F)(F)F)N1CCN(S(=O)(=O)c2cccc(Cl)c2F)CC1. The molecule has 1 saturated heterocycles. The zero-order valence-electron chi connectivity index (χ0n) is 12.2. The molecule has 1 aliphatic heterocycles. The molecule has 24 heavy (non-hydrogen) atoms. The number of hydrogen-bond donors (Lipinski definition) is 0. The topological polar surface area (TPSA) is 57.7 Å². The van der Waals surface area contributed by atoms with Gasteiger partial charge in [0, 0.05) is 26.2 Å². The molecule has 0 atom stereocenters. The zero-order valence-corrected chi connectivity index (χ0v) is 13.8. The molecule has 11 heteroatoms. The number of nitrogens with zero attached hydrogens (tertiary/aromatic N) is 2. The van der Waals surface area contributed by atoms with Crippen molar-refractivity contribution in [3.05, 3.63) is 29.0 Å². The lowest BCUT2D eigenvalue weighted by Crippen LogP contribution is -2.51. The average molecular weight is 389 g/mol. The van der Waals surface area contributed by atoms with Crippen LogP contribution in [0.25, 0.3) is 0 Å². The number of hydrogen-bond acceptors (Lipinski definition) is 3. The second kappa shape index (κ2) is 6.85. The number of benzene rings is 1. The summed E-state index contributed by atoms with van der Waals surface area (Å²) in [6, 6.07) is 3.53. The van der Waals surface area contributed by atoms with Crippen LogP contribution in [0, 0.1) is 5.82 Å². The summed E-state index contributed by atoms with van der Waals surface area (Å²) in [7, 11) is -4.19. The largest absolute Gasteiger partial charge is 0.397 e. The van der Waals surface area contributed by atoms with Gasteiger partial charge in [-0.1, -0.05) is 17.7 Å².